The summed E-state index contributed by atoms with van der Waals surface area (Å²) in [5, 5.41) is 0. The standard InChI is InChI=1S/C14H20N2O2/c1-2-5-18-12-6-11(8-16-9-12)14(17)7-13(15)10-3-4-10/h6,8-10,13H,2-5,7,15H2,1H3. The van der Waals surface area contributed by atoms with Gasteiger partial charge in [0.2, 0.25) is 0 Å². The van der Waals surface area contributed by atoms with Crippen molar-refractivity contribution in [1.82, 2.24) is 4.98 Å². The maximum atomic E-state index is 12.0. The molecule has 0 aromatic carbocycles. The number of carbonyl (C=O) groups excluding carboxylic acids is 1. The Morgan fingerprint density at radius 2 is 2.33 bits per heavy atom. The van der Waals surface area contributed by atoms with Crippen LogP contribution in [0.25, 0.3) is 0 Å². The lowest BCUT2D eigenvalue weighted by molar-refractivity contribution is 0.0970. The normalized spacial score (nSPS) is 16.3. The fourth-order valence-electron chi connectivity index (χ4n) is 1.89. The summed E-state index contributed by atoms with van der Waals surface area (Å²) >= 11 is 0. The molecule has 1 aromatic rings. The van der Waals surface area contributed by atoms with Crippen LogP contribution in [0.3, 0.4) is 0 Å². The van der Waals surface area contributed by atoms with E-state index in [0.29, 0.717) is 30.3 Å². The predicted octanol–water partition coefficient (Wildman–Crippen LogP) is 2.18. The molecular weight excluding hydrogens is 228 g/mol. The van der Waals surface area contributed by atoms with E-state index in [-0.39, 0.29) is 11.8 Å². The van der Waals surface area contributed by atoms with Gasteiger partial charge in [0.05, 0.1) is 12.8 Å². The van der Waals surface area contributed by atoms with E-state index in [1.807, 2.05) is 6.92 Å². The first-order chi connectivity index (χ1) is 8.70. The molecule has 0 bridgehead atoms. The zero-order valence-electron chi connectivity index (χ0n) is 10.8. The van der Waals surface area contributed by atoms with Crippen LogP contribution < -0.4 is 10.5 Å². The van der Waals surface area contributed by atoms with E-state index in [2.05, 4.69) is 4.98 Å². The van der Waals surface area contributed by atoms with Gasteiger partial charge in [0.15, 0.2) is 5.78 Å². The maximum Gasteiger partial charge on any atom is 0.166 e. The monoisotopic (exact) mass is 248 g/mol. The van der Waals surface area contributed by atoms with Gasteiger partial charge in [-0.3, -0.25) is 9.78 Å². The topological polar surface area (TPSA) is 65.2 Å². The highest BCUT2D eigenvalue weighted by Crippen LogP contribution is 2.33. The molecule has 18 heavy (non-hydrogen) atoms. The van der Waals surface area contributed by atoms with Crippen molar-refractivity contribution in [2.45, 2.75) is 38.6 Å². The van der Waals surface area contributed by atoms with Crippen LogP contribution in [0.15, 0.2) is 18.5 Å². The number of ether oxygens (including phenoxy) is 1. The Balaban J connectivity index is 1.95. The Kier molecular flexibility index (Phi) is 4.31. The third-order valence-electron chi connectivity index (χ3n) is 3.16. The second-order valence-corrected chi connectivity index (χ2v) is 4.89. The van der Waals surface area contributed by atoms with Gasteiger partial charge in [-0.1, -0.05) is 6.92 Å². The fourth-order valence-corrected chi connectivity index (χ4v) is 1.89. The van der Waals surface area contributed by atoms with Crippen LogP contribution in [0, 0.1) is 5.92 Å². The predicted molar refractivity (Wildman–Crippen MR) is 69.7 cm³/mol. The smallest absolute Gasteiger partial charge is 0.166 e. The van der Waals surface area contributed by atoms with Crippen LogP contribution in [-0.4, -0.2) is 23.4 Å². The van der Waals surface area contributed by atoms with Gasteiger partial charge >= 0.3 is 0 Å². The largest absolute Gasteiger partial charge is 0.492 e. The number of hydrogen-bond donors (Lipinski definition) is 1. The highest BCUT2D eigenvalue weighted by Gasteiger charge is 2.30. The van der Waals surface area contributed by atoms with E-state index in [4.69, 9.17) is 10.5 Å². The highest BCUT2D eigenvalue weighted by atomic mass is 16.5. The summed E-state index contributed by atoms with van der Waals surface area (Å²) in [5.74, 6) is 1.26. The zero-order chi connectivity index (χ0) is 13.0. The number of Topliss-reactive ketones (excluding diaryl/α,β-unsaturated/α-hetero) is 1. The molecule has 1 aliphatic rings. The molecule has 0 saturated heterocycles. The van der Waals surface area contributed by atoms with Gasteiger partial charge in [-0.25, -0.2) is 0 Å². The van der Waals surface area contributed by atoms with Crippen LogP contribution in [0.4, 0.5) is 0 Å². The summed E-state index contributed by atoms with van der Waals surface area (Å²) in [6.45, 7) is 2.68. The summed E-state index contributed by atoms with van der Waals surface area (Å²) in [6, 6.07) is 1.75. The molecule has 1 heterocycles. The van der Waals surface area contributed by atoms with Gasteiger partial charge in [-0.05, 0) is 31.2 Å². The fraction of sp³-hybridized carbons (Fsp3) is 0.571. The SMILES string of the molecule is CCCOc1cncc(C(=O)CC(N)C2CC2)c1. The second-order valence-electron chi connectivity index (χ2n) is 4.89. The van der Waals surface area contributed by atoms with Crippen LogP contribution in [0.1, 0.15) is 43.0 Å². The summed E-state index contributed by atoms with van der Waals surface area (Å²) in [4.78, 5) is 16.1. The first kappa shape index (κ1) is 13.0. The average Bonchev–Trinajstić information content (AvgIpc) is 3.21. The first-order valence-electron chi connectivity index (χ1n) is 6.57. The molecule has 4 heteroatoms. The van der Waals surface area contributed by atoms with Crippen molar-refractivity contribution in [1.29, 1.82) is 0 Å². The van der Waals surface area contributed by atoms with Crippen LogP contribution in [0.2, 0.25) is 0 Å². The molecule has 1 atom stereocenters. The van der Waals surface area contributed by atoms with Crippen molar-refractivity contribution in [2.24, 2.45) is 11.7 Å². The average molecular weight is 248 g/mol. The summed E-state index contributed by atoms with van der Waals surface area (Å²) in [7, 11) is 0. The van der Waals surface area contributed by atoms with Gasteiger partial charge in [0.1, 0.15) is 5.75 Å². The minimum absolute atomic E-state index is 0.00211. The molecule has 1 saturated carbocycles. The summed E-state index contributed by atoms with van der Waals surface area (Å²) in [5.41, 5.74) is 6.56. The molecule has 0 aliphatic heterocycles. The van der Waals surface area contributed by atoms with Gasteiger partial charge in [-0.15, -0.1) is 0 Å². The van der Waals surface area contributed by atoms with Gasteiger partial charge in [0, 0.05) is 24.2 Å². The lowest BCUT2D eigenvalue weighted by Gasteiger charge is -2.10. The Bertz CT molecular complexity index is 416. The molecule has 0 radical (unpaired) electrons. The van der Waals surface area contributed by atoms with E-state index < -0.39 is 0 Å². The van der Waals surface area contributed by atoms with Crippen molar-refractivity contribution in [3.05, 3.63) is 24.0 Å². The van der Waals surface area contributed by atoms with Crippen LogP contribution in [0.5, 0.6) is 5.75 Å². The summed E-state index contributed by atoms with van der Waals surface area (Å²) in [6.07, 6.45) is 6.88. The van der Waals surface area contributed by atoms with Gasteiger partial charge in [-0.2, -0.15) is 0 Å². The number of aromatic nitrogens is 1. The van der Waals surface area contributed by atoms with Crippen molar-refractivity contribution in [3.63, 3.8) is 0 Å². The molecule has 2 N–H and O–H groups in total. The van der Waals surface area contributed by atoms with Crippen molar-refractivity contribution < 1.29 is 9.53 Å². The zero-order valence-corrected chi connectivity index (χ0v) is 10.8. The van der Waals surface area contributed by atoms with Gasteiger partial charge in [0.25, 0.3) is 0 Å². The number of ketones is 1. The Hall–Kier alpha value is -1.42. The van der Waals surface area contributed by atoms with Crippen LogP contribution in [-0.2, 0) is 0 Å². The molecule has 0 spiro atoms. The molecule has 1 fully saturated rings. The molecule has 98 valence electrons. The third kappa shape index (κ3) is 3.53. The van der Waals surface area contributed by atoms with Crippen LogP contribution >= 0.6 is 0 Å². The van der Waals surface area contributed by atoms with Gasteiger partial charge < -0.3 is 10.5 Å². The molecule has 0 amide bonds. The molecule has 1 aromatic heterocycles. The van der Waals surface area contributed by atoms with E-state index in [0.717, 1.165) is 19.3 Å². The Labute approximate surface area is 108 Å². The first-order valence-corrected chi connectivity index (χ1v) is 6.57. The number of nitrogens with zero attached hydrogens (tertiary/aromatic N) is 1. The maximum absolute atomic E-state index is 12.0. The molecule has 1 aliphatic carbocycles. The van der Waals surface area contributed by atoms with Crippen molar-refractivity contribution in [3.8, 4) is 5.75 Å². The Morgan fingerprint density at radius 3 is 3.00 bits per heavy atom. The number of nitrogens with two attached hydrogens (primary N) is 1. The number of hydrogen-bond acceptors (Lipinski definition) is 4. The molecule has 1 unspecified atom stereocenters. The lowest BCUT2D eigenvalue weighted by atomic mass is 10.0. The number of pyridine rings is 1. The number of rotatable bonds is 7. The van der Waals surface area contributed by atoms with E-state index in [1.54, 1.807) is 18.5 Å². The minimum Gasteiger partial charge on any atom is -0.492 e. The number of carbonyl (C=O) groups is 1. The second kappa shape index (κ2) is 5.96. The van der Waals surface area contributed by atoms with Crippen molar-refractivity contribution in [2.75, 3.05) is 6.61 Å². The molecule has 2 rings (SSSR count). The quantitative estimate of drug-likeness (QED) is 0.751. The van der Waals surface area contributed by atoms with E-state index in [1.165, 1.54) is 0 Å². The molecular formula is C14H20N2O2. The summed E-state index contributed by atoms with van der Waals surface area (Å²) < 4.78 is 5.46. The minimum atomic E-state index is -0.00211. The van der Waals surface area contributed by atoms with E-state index in [9.17, 15) is 4.79 Å². The third-order valence-corrected chi connectivity index (χ3v) is 3.16. The lowest BCUT2D eigenvalue weighted by Crippen LogP contribution is -2.26. The van der Waals surface area contributed by atoms with E-state index >= 15 is 0 Å². The Morgan fingerprint density at radius 1 is 1.56 bits per heavy atom. The van der Waals surface area contributed by atoms with Crippen molar-refractivity contribution >= 4 is 5.78 Å². The molecule has 4 nitrogen and oxygen atoms in total. The highest BCUT2D eigenvalue weighted by molar-refractivity contribution is 5.96.